The third-order valence-corrected chi connectivity index (χ3v) is 10.2. The fourth-order valence-electron chi connectivity index (χ4n) is 5.57. The number of hydrogen-bond acceptors (Lipinski definition) is 9. The normalized spacial score (nSPS) is 19.1. The average Bonchev–Trinajstić information content (AvgIpc) is 3.34. The minimum absolute atomic E-state index is 0.00540. The molecule has 9 nitrogen and oxygen atoms in total. The van der Waals surface area contributed by atoms with Crippen LogP contribution in [0.4, 0.5) is 0 Å². The quantitative estimate of drug-likeness (QED) is 0.227. The van der Waals surface area contributed by atoms with Crippen LogP contribution in [0.1, 0.15) is 39.7 Å². The molecule has 0 saturated carbocycles. The molecule has 0 radical (unpaired) electrons. The van der Waals surface area contributed by atoms with E-state index in [9.17, 15) is 19.2 Å². The van der Waals surface area contributed by atoms with Crippen LogP contribution in [-0.2, 0) is 34.4 Å². The first kappa shape index (κ1) is 30.6. The van der Waals surface area contributed by atoms with E-state index in [2.05, 4.69) is 4.98 Å². The lowest BCUT2D eigenvalue weighted by atomic mass is 9.90. The van der Waals surface area contributed by atoms with Crippen molar-refractivity contribution in [2.24, 2.45) is 5.92 Å². The zero-order chi connectivity index (χ0) is 31.3. The molecule has 12 heteroatoms. The van der Waals surface area contributed by atoms with Crippen molar-refractivity contribution in [3.63, 3.8) is 0 Å². The molecule has 4 heterocycles. The van der Waals surface area contributed by atoms with Crippen molar-refractivity contribution in [1.82, 2.24) is 9.88 Å². The molecule has 2 aromatic carbocycles. The molecule has 1 saturated heterocycles. The fourth-order valence-corrected chi connectivity index (χ4v) is 8.26. The molecule has 44 heavy (non-hydrogen) atoms. The lowest BCUT2D eigenvalue weighted by Gasteiger charge is -2.50. The summed E-state index contributed by atoms with van der Waals surface area (Å²) in [7, 11) is 0. The summed E-state index contributed by atoms with van der Waals surface area (Å²) in [5.41, 5.74) is 4.21. The number of carbonyl (C=O) groups excluding carboxylic acids is 4. The van der Waals surface area contributed by atoms with E-state index in [1.807, 2.05) is 36.4 Å². The van der Waals surface area contributed by atoms with Crippen LogP contribution in [0.2, 0.25) is 5.02 Å². The number of rotatable bonds is 8. The van der Waals surface area contributed by atoms with Crippen LogP contribution in [0.5, 0.6) is 5.75 Å². The number of thioether (sulfide) groups is 2. The van der Waals surface area contributed by atoms with Gasteiger partial charge in [0.05, 0.1) is 17.0 Å². The molecule has 3 aliphatic rings. The number of β-lactam (4-membered cyclic amide) rings is 1. The summed E-state index contributed by atoms with van der Waals surface area (Å²) in [6.07, 6.45) is -0.00540. The maximum absolute atomic E-state index is 13.3. The van der Waals surface area contributed by atoms with Crippen molar-refractivity contribution in [2.75, 3.05) is 19.0 Å². The monoisotopic (exact) mass is 654 g/mol. The summed E-state index contributed by atoms with van der Waals surface area (Å²) in [5, 5.41) is 1.42. The average molecular weight is 655 g/mol. The van der Waals surface area contributed by atoms with Gasteiger partial charge < -0.3 is 19.2 Å². The van der Waals surface area contributed by atoms with Gasteiger partial charge in [0.2, 0.25) is 5.91 Å². The van der Waals surface area contributed by atoms with E-state index in [1.165, 1.54) is 29.1 Å². The van der Waals surface area contributed by atoms with Crippen LogP contribution in [-0.4, -0.2) is 63.5 Å². The molecule has 6 rings (SSSR count). The third-order valence-electron chi connectivity index (χ3n) is 7.51. The van der Waals surface area contributed by atoms with Crippen molar-refractivity contribution in [3.8, 4) is 17.0 Å². The number of Topliss-reactive ketones (excluding diaryl/α,β-unsaturated/α-hetero) is 1. The maximum atomic E-state index is 13.3. The molecule has 0 bridgehead atoms. The van der Waals surface area contributed by atoms with Gasteiger partial charge in [-0.2, -0.15) is 0 Å². The minimum atomic E-state index is -0.779. The molecule has 1 fully saturated rings. The zero-order valence-corrected chi connectivity index (χ0v) is 27.0. The Morgan fingerprint density at radius 1 is 1.11 bits per heavy atom. The zero-order valence-electron chi connectivity index (χ0n) is 24.7. The SMILES string of the molecule is CC(=O)OCC1=C(C(=O)OC(C)(C)C)N2C(=O)C(CC(=O)COc3ccc4c(c3)SCc3c-4[nH]c4ccc(Cl)cc34)C2SC1. The summed E-state index contributed by atoms with van der Waals surface area (Å²) in [6, 6.07) is 11.6. The lowest BCUT2D eigenvalue weighted by Crippen LogP contribution is -2.62. The topological polar surface area (TPSA) is 115 Å². The first-order valence-corrected chi connectivity index (χ1v) is 16.6. The molecule has 1 N–H and O–H groups in total. The number of H-pyrrole nitrogens is 1. The number of amides is 1. The second kappa shape index (κ2) is 11.8. The molecule has 0 spiro atoms. The highest BCUT2D eigenvalue weighted by molar-refractivity contribution is 8.00. The molecule has 3 aliphatic heterocycles. The second-order valence-corrected chi connectivity index (χ2v) is 14.5. The first-order chi connectivity index (χ1) is 20.9. The van der Waals surface area contributed by atoms with Gasteiger partial charge in [0, 0.05) is 56.8 Å². The molecule has 2 atom stereocenters. The van der Waals surface area contributed by atoms with Crippen LogP contribution >= 0.6 is 35.1 Å². The number of aromatic nitrogens is 1. The van der Waals surface area contributed by atoms with E-state index in [-0.39, 0.29) is 37.0 Å². The number of nitrogens with one attached hydrogen (secondary N) is 1. The van der Waals surface area contributed by atoms with Crippen molar-refractivity contribution < 1.29 is 33.4 Å². The Hall–Kier alpha value is -3.41. The molecule has 1 aromatic heterocycles. The summed E-state index contributed by atoms with van der Waals surface area (Å²) < 4.78 is 16.6. The molecule has 3 aromatic rings. The number of fused-ring (bicyclic) bond motifs is 6. The van der Waals surface area contributed by atoms with Gasteiger partial charge in [0.1, 0.15) is 30.3 Å². The number of hydrogen-bond donors (Lipinski definition) is 1. The van der Waals surface area contributed by atoms with E-state index in [0.29, 0.717) is 22.1 Å². The molecule has 0 aliphatic carbocycles. The lowest BCUT2D eigenvalue weighted by molar-refractivity contribution is -0.161. The van der Waals surface area contributed by atoms with Crippen molar-refractivity contribution in [2.45, 2.75) is 55.7 Å². The molecular weight excluding hydrogens is 624 g/mol. The summed E-state index contributed by atoms with van der Waals surface area (Å²) in [6.45, 7) is 6.21. The van der Waals surface area contributed by atoms with Crippen LogP contribution in [0.15, 0.2) is 52.6 Å². The number of halogens is 1. The van der Waals surface area contributed by atoms with E-state index in [4.69, 9.17) is 25.8 Å². The molecule has 2 unspecified atom stereocenters. The van der Waals surface area contributed by atoms with Crippen molar-refractivity contribution in [3.05, 3.63) is 58.3 Å². The minimum Gasteiger partial charge on any atom is -0.486 e. The Morgan fingerprint density at radius 3 is 2.66 bits per heavy atom. The third kappa shape index (κ3) is 5.97. The number of ketones is 1. The Kier molecular flexibility index (Phi) is 8.23. The molecular formula is C32H31ClN2O7S2. The van der Waals surface area contributed by atoms with Gasteiger partial charge in [0.25, 0.3) is 0 Å². The van der Waals surface area contributed by atoms with Crippen molar-refractivity contribution >= 4 is 69.7 Å². The second-order valence-electron chi connectivity index (χ2n) is 11.9. The Morgan fingerprint density at radius 2 is 1.91 bits per heavy atom. The van der Waals surface area contributed by atoms with E-state index >= 15 is 0 Å². The Labute approximate surface area is 268 Å². The maximum Gasteiger partial charge on any atom is 0.355 e. The van der Waals surface area contributed by atoms with Gasteiger partial charge >= 0.3 is 11.9 Å². The number of ether oxygens (including phenoxy) is 3. The number of benzene rings is 2. The van der Waals surface area contributed by atoms with Crippen LogP contribution in [0.25, 0.3) is 22.2 Å². The highest BCUT2D eigenvalue weighted by Gasteiger charge is 2.54. The smallest absolute Gasteiger partial charge is 0.355 e. The van der Waals surface area contributed by atoms with Gasteiger partial charge in [-0.1, -0.05) is 11.6 Å². The van der Waals surface area contributed by atoms with Gasteiger partial charge in [-0.05, 0) is 62.7 Å². The van der Waals surface area contributed by atoms with Gasteiger partial charge in [0.15, 0.2) is 5.78 Å². The first-order valence-electron chi connectivity index (χ1n) is 14.1. The van der Waals surface area contributed by atoms with Gasteiger partial charge in [-0.3, -0.25) is 19.3 Å². The van der Waals surface area contributed by atoms with Gasteiger partial charge in [-0.15, -0.1) is 23.5 Å². The van der Waals surface area contributed by atoms with E-state index in [0.717, 1.165) is 32.8 Å². The Bertz CT molecular complexity index is 1740. The number of nitrogens with zero attached hydrogens (tertiary/aromatic N) is 1. The van der Waals surface area contributed by atoms with Crippen LogP contribution in [0.3, 0.4) is 0 Å². The predicted octanol–water partition coefficient (Wildman–Crippen LogP) is 6.12. The largest absolute Gasteiger partial charge is 0.486 e. The number of aromatic amines is 1. The number of carbonyl (C=O) groups is 4. The Balaban J connectivity index is 1.10. The summed E-state index contributed by atoms with van der Waals surface area (Å²) in [5.74, 6) is -0.545. The standard InChI is InChI=1S/C32H31ClN2O7S2/c1-16(36)40-12-17-14-44-30-23(29(38)35(30)28(17)31(39)42-32(2,3)4)10-19(37)13-41-20-6-7-21-26(11-20)43-15-24-22-9-18(33)5-8-25(22)34-27(21)24/h5-9,11,23,30,34H,10,12-15H2,1-4H3. The highest BCUT2D eigenvalue weighted by atomic mass is 35.5. The van der Waals surface area contributed by atoms with E-state index < -0.39 is 28.8 Å². The van der Waals surface area contributed by atoms with Crippen LogP contribution < -0.4 is 4.74 Å². The summed E-state index contributed by atoms with van der Waals surface area (Å²) >= 11 is 9.37. The van der Waals surface area contributed by atoms with Crippen LogP contribution in [0, 0.1) is 5.92 Å². The van der Waals surface area contributed by atoms with E-state index in [1.54, 1.807) is 32.5 Å². The molecule has 1 amide bonds. The summed E-state index contributed by atoms with van der Waals surface area (Å²) in [4.78, 5) is 56.7. The highest BCUT2D eigenvalue weighted by Crippen LogP contribution is 2.47. The predicted molar refractivity (Wildman–Crippen MR) is 170 cm³/mol. The van der Waals surface area contributed by atoms with Gasteiger partial charge in [-0.25, -0.2) is 4.79 Å². The molecule has 230 valence electrons. The number of esters is 2. The van der Waals surface area contributed by atoms with Crippen molar-refractivity contribution in [1.29, 1.82) is 0 Å². The fraction of sp³-hybridized carbons (Fsp3) is 0.375.